The van der Waals surface area contributed by atoms with Crippen LogP contribution in [0.4, 0.5) is 15.5 Å². The van der Waals surface area contributed by atoms with Gasteiger partial charge in [-0.05, 0) is 73.5 Å². The van der Waals surface area contributed by atoms with Gasteiger partial charge in [-0.15, -0.1) is 0 Å². The zero-order chi connectivity index (χ0) is 34.5. The van der Waals surface area contributed by atoms with Crippen molar-refractivity contribution in [1.29, 1.82) is 0 Å². The molecule has 3 N–H and O–H groups in total. The quantitative estimate of drug-likeness (QED) is 0.217. The number of carbonyl (C=O) groups is 3. The summed E-state index contributed by atoms with van der Waals surface area (Å²) in [7, 11) is -3.55. The molecular formula is C36H41ClFN3O6Si. The molecule has 6 atom stereocenters. The maximum Gasteiger partial charge on any atom is 0.264 e. The van der Waals surface area contributed by atoms with Gasteiger partial charge in [0.05, 0.1) is 37.4 Å². The van der Waals surface area contributed by atoms with E-state index >= 15 is 4.11 Å². The first-order valence-corrected chi connectivity index (χ1v) is 19.6. The van der Waals surface area contributed by atoms with Gasteiger partial charge in [-0.2, -0.15) is 0 Å². The van der Waals surface area contributed by atoms with Gasteiger partial charge in [-0.1, -0.05) is 54.9 Å². The molecule has 3 aromatic rings. The van der Waals surface area contributed by atoms with Crippen LogP contribution >= 0.6 is 11.6 Å². The summed E-state index contributed by atoms with van der Waals surface area (Å²) in [5.41, 5.74) is 2.10. The van der Waals surface area contributed by atoms with Gasteiger partial charge < -0.3 is 34.2 Å². The topological polar surface area (TPSA) is 119 Å². The van der Waals surface area contributed by atoms with Gasteiger partial charge in [-0.25, -0.2) is 0 Å². The third-order valence-electron chi connectivity index (χ3n) is 10.1. The Kier molecular flexibility index (Phi) is 9.29. The van der Waals surface area contributed by atoms with E-state index in [9.17, 15) is 24.6 Å². The predicted octanol–water partition coefficient (Wildman–Crippen LogP) is 5.32. The van der Waals surface area contributed by atoms with E-state index in [1.54, 1.807) is 59.3 Å². The van der Waals surface area contributed by atoms with Crippen LogP contribution in [0.25, 0.3) is 0 Å². The molecule has 48 heavy (non-hydrogen) atoms. The molecule has 0 radical (unpaired) electrons. The number of hydrogen-bond acceptors (Lipinski definition) is 6. The van der Waals surface area contributed by atoms with E-state index in [1.165, 1.54) is 6.92 Å². The SMILES string of the molecule is C[C@H](O)C(=O)Nc1cccc(CN2C(=O)[C@@]3(O[C@@H](CC(=O)N4Cc5ccccc5C[C@H]4CO)[C@H]([Si](C)(C)F)[C@H]3C)c3cc(Cl)ccc32)c1. The van der Waals surface area contributed by atoms with Crippen molar-refractivity contribution in [1.82, 2.24) is 4.90 Å². The molecule has 254 valence electrons. The zero-order valence-corrected chi connectivity index (χ0v) is 29.2. The summed E-state index contributed by atoms with van der Waals surface area (Å²) in [4.78, 5) is 44.1. The summed E-state index contributed by atoms with van der Waals surface area (Å²) in [5.74, 6) is -1.81. The van der Waals surface area contributed by atoms with Gasteiger partial charge in [0.25, 0.3) is 11.8 Å². The molecule has 0 aromatic heterocycles. The molecule has 0 unspecified atom stereocenters. The fraction of sp³-hybridized carbons (Fsp3) is 0.417. The van der Waals surface area contributed by atoms with Crippen LogP contribution in [0.3, 0.4) is 0 Å². The first-order chi connectivity index (χ1) is 22.7. The Morgan fingerprint density at radius 3 is 2.54 bits per heavy atom. The van der Waals surface area contributed by atoms with Crippen molar-refractivity contribution >= 4 is 49.1 Å². The average Bonchev–Trinajstić information content (AvgIpc) is 3.46. The largest absolute Gasteiger partial charge is 0.394 e. The third-order valence-corrected chi connectivity index (χ3v) is 12.8. The number of amides is 3. The summed E-state index contributed by atoms with van der Waals surface area (Å²) in [6.07, 6.45) is -1.70. The molecule has 3 aliphatic heterocycles. The molecule has 12 heteroatoms. The number of carbonyl (C=O) groups excluding carboxylic acids is 3. The first-order valence-electron chi connectivity index (χ1n) is 16.3. The van der Waals surface area contributed by atoms with Gasteiger partial charge >= 0.3 is 0 Å². The van der Waals surface area contributed by atoms with E-state index in [-0.39, 0.29) is 31.4 Å². The van der Waals surface area contributed by atoms with E-state index in [0.29, 0.717) is 40.5 Å². The van der Waals surface area contributed by atoms with Crippen molar-refractivity contribution in [2.75, 3.05) is 16.8 Å². The second-order valence-electron chi connectivity index (χ2n) is 13.7. The van der Waals surface area contributed by atoms with E-state index in [0.717, 1.165) is 11.1 Å². The Labute approximate surface area is 285 Å². The lowest BCUT2D eigenvalue weighted by Gasteiger charge is -2.37. The van der Waals surface area contributed by atoms with Crippen molar-refractivity contribution in [3.63, 3.8) is 0 Å². The normalized spacial score (nSPS) is 25.6. The molecule has 9 nitrogen and oxygen atoms in total. The van der Waals surface area contributed by atoms with Crippen LogP contribution < -0.4 is 10.2 Å². The van der Waals surface area contributed by atoms with Crippen LogP contribution in [0, 0.1) is 5.92 Å². The van der Waals surface area contributed by atoms with Gasteiger partial charge in [-0.3, -0.25) is 14.4 Å². The maximum absolute atomic E-state index is 16.4. The Balaban J connectivity index is 1.33. The Hall–Kier alpha value is -3.61. The van der Waals surface area contributed by atoms with Gasteiger partial charge in [0.15, 0.2) is 5.60 Å². The summed E-state index contributed by atoms with van der Waals surface area (Å²) >= 11 is 6.51. The lowest BCUT2D eigenvalue weighted by Crippen LogP contribution is -2.48. The highest BCUT2D eigenvalue weighted by Crippen LogP contribution is 2.60. The molecule has 1 fully saturated rings. The zero-order valence-electron chi connectivity index (χ0n) is 27.5. The number of ether oxygens (including phenoxy) is 1. The molecule has 0 bridgehead atoms. The lowest BCUT2D eigenvalue weighted by molar-refractivity contribution is -0.151. The summed E-state index contributed by atoms with van der Waals surface area (Å²) in [5, 5.41) is 22.9. The standard InChI is InChI=1S/C36H41ClFN3O6Si/c1-21-33(48(3,4)38)31(17-32(44)40-19-25-10-6-5-9-24(25)15-28(40)20-42)47-36(21)29-16-26(37)12-13-30(29)41(35(36)46)18-23-8-7-11-27(14-23)39-34(45)22(2)43/h5-14,16,21-22,28,31,33,42-43H,15,17-20H2,1-4H3,(H,39,45)/t21-,22+,28+,31+,33-,36+/m1/s1. The van der Waals surface area contributed by atoms with Crippen LogP contribution in [0.5, 0.6) is 0 Å². The molecule has 6 rings (SSSR count). The van der Waals surface area contributed by atoms with Gasteiger partial charge in [0.1, 0.15) is 6.10 Å². The van der Waals surface area contributed by atoms with Crippen molar-refractivity contribution < 1.29 is 33.4 Å². The number of nitrogens with zero attached hydrogens (tertiary/aromatic N) is 2. The Morgan fingerprint density at radius 2 is 1.85 bits per heavy atom. The number of benzene rings is 3. The van der Waals surface area contributed by atoms with Crippen molar-refractivity contribution in [2.24, 2.45) is 5.92 Å². The van der Waals surface area contributed by atoms with Crippen molar-refractivity contribution in [3.05, 3.63) is 94.0 Å². The highest BCUT2D eigenvalue weighted by molar-refractivity contribution is 6.72. The minimum absolute atomic E-state index is 0.125. The van der Waals surface area contributed by atoms with Crippen LogP contribution in [0.1, 0.15) is 42.5 Å². The molecule has 0 saturated carbocycles. The lowest BCUT2D eigenvalue weighted by atomic mass is 9.82. The van der Waals surface area contributed by atoms with Crippen LogP contribution in [0.15, 0.2) is 66.7 Å². The number of aliphatic hydroxyl groups excluding tert-OH is 2. The van der Waals surface area contributed by atoms with Crippen LogP contribution in [0.2, 0.25) is 23.7 Å². The highest BCUT2D eigenvalue weighted by Gasteiger charge is 2.67. The average molecular weight is 694 g/mol. The molecule has 1 spiro atoms. The minimum Gasteiger partial charge on any atom is -0.394 e. The van der Waals surface area contributed by atoms with E-state index in [2.05, 4.69) is 5.32 Å². The van der Waals surface area contributed by atoms with Crippen molar-refractivity contribution in [3.8, 4) is 0 Å². The fourth-order valence-corrected chi connectivity index (χ4v) is 10.6. The number of rotatable bonds is 8. The number of halogens is 2. The maximum atomic E-state index is 16.4. The summed E-state index contributed by atoms with van der Waals surface area (Å²) in [6.45, 7) is 6.63. The number of aliphatic hydroxyl groups is 2. The number of fused-ring (bicyclic) bond motifs is 3. The predicted molar refractivity (Wildman–Crippen MR) is 184 cm³/mol. The molecular weight excluding hydrogens is 653 g/mol. The monoisotopic (exact) mass is 693 g/mol. The highest BCUT2D eigenvalue weighted by atomic mass is 35.5. The number of hydrogen-bond donors (Lipinski definition) is 3. The Bertz CT molecular complexity index is 1750. The smallest absolute Gasteiger partial charge is 0.264 e. The van der Waals surface area contributed by atoms with Crippen LogP contribution in [-0.2, 0) is 44.2 Å². The fourth-order valence-electron chi connectivity index (χ4n) is 7.89. The molecule has 3 heterocycles. The second kappa shape index (κ2) is 13.0. The Morgan fingerprint density at radius 1 is 1.12 bits per heavy atom. The molecule has 0 aliphatic carbocycles. The summed E-state index contributed by atoms with van der Waals surface area (Å²) in [6, 6.07) is 19.5. The third kappa shape index (κ3) is 6.07. The van der Waals surface area contributed by atoms with E-state index in [1.807, 2.05) is 37.3 Å². The molecule has 3 aliphatic rings. The van der Waals surface area contributed by atoms with Crippen LogP contribution in [-0.4, -0.2) is 66.1 Å². The number of nitrogens with one attached hydrogen (secondary N) is 1. The van der Waals surface area contributed by atoms with E-state index < -0.39 is 49.6 Å². The van der Waals surface area contributed by atoms with Crippen molar-refractivity contribution in [2.45, 2.75) is 82.3 Å². The minimum atomic E-state index is -3.55. The first kappa shape index (κ1) is 34.3. The molecule has 3 aromatic carbocycles. The van der Waals surface area contributed by atoms with Gasteiger partial charge in [0.2, 0.25) is 14.3 Å². The molecule has 3 amide bonds. The van der Waals surface area contributed by atoms with E-state index in [4.69, 9.17) is 16.3 Å². The molecule has 1 saturated heterocycles. The second-order valence-corrected chi connectivity index (χ2v) is 18.0. The number of anilines is 2. The van der Waals surface area contributed by atoms with Gasteiger partial charge in [0, 0.05) is 34.3 Å². The summed E-state index contributed by atoms with van der Waals surface area (Å²) < 4.78 is 23.2.